The lowest BCUT2D eigenvalue weighted by Gasteiger charge is -2.26. The highest BCUT2D eigenvalue weighted by atomic mass is 35.5. The molecule has 0 aliphatic carbocycles. The molecule has 2 aliphatic rings. The second kappa shape index (κ2) is 9.10. The van der Waals surface area contributed by atoms with Gasteiger partial charge in [0.15, 0.2) is 11.5 Å². The Balaban J connectivity index is 1.89. The van der Waals surface area contributed by atoms with E-state index in [9.17, 15) is 14.7 Å². The molecule has 0 saturated carbocycles. The summed E-state index contributed by atoms with van der Waals surface area (Å²) < 4.78 is 21.7. The van der Waals surface area contributed by atoms with E-state index in [1.54, 1.807) is 30.3 Å². The number of aliphatic hydroxyl groups excluding tert-OH is 1. The topological polar surface area (TPSA) is 94.5 Å². The van der Waals surface area contributed by atoms with Crippen molar-refractivity contribution >= 4 is 29.1 Å². The minimum Gasteiger partial charge on any atom is -0.507 e. The number of fused-ring (bicyclic) bond motifs is 1. The van der Waals surface area contributed by atoms with Crippen molar-refractivity contribution in [1.82, 2.24) is 4.90 Å². The van der Waals surface area contributed by atoms with Gasteiger partial charge in [0.1, 0.15) is 24.7 Å². The fourth-order valence-corrected chi connectivity index (χ4v) is 4.06. The Bertz CT molecular complexity index is 1100. The van der Waals surface area contributed by atoms with Crippen LogP contribution < -0.4 is 14.2 Å². The molecule has 0 radical (unpaired) electrons. The van der Waals surface area contributed by atoms with E-state index in [0.29, 0.717) is 41.0 Å². The molecular weight excluding hydrogens is 438 g/mol. The highest BCUT2D eigenvalue weighted by Crippen LogP contribution is 2.43. The SMILES string of the molecule is COCCN1C(=O)C(=O)/C(=C(/O)c2cc(Cl)ccc2OC)C1c1ccc2c(c1)OCCO2. The number of ketones is 1. The fraction of sp³-hybridized carbons (Fsp3) is 0.304. The molecule has 2 aromatic rings. The molecule has 2 aliphatic heterocycles. The van der Waals surface area contributed by atoms with Crippen molar-refractivity contribution in [2.24, 2.45) is 0 Å². The zero-order valence-electron chi connectivity index (χ0n) is 17.6. The summed E-state index contributed by atoms with van der Waals surface area (Å²) in [5.41, 5.74) is 0.739. The Hall–Kier alpha value is -3.23. The van der Waals surface area contributed by atoms with Crippen molar-refractivity contribution in [3.8, 4) is 17.2 Å². The molecule has 9 heteroatoms. The zero-order valence-corrected chi connectivity index (χ0v) is 18.3. The summed E-state index contributed by atoms with van der Waals surface area (Å²) in [5, 5.41) is 11.6. The van der Waals surface area contributed by atoms with Crippen LogP contribution in [0, 0.1) is 0 Å². The van der Waals surface area contributed by atoms with E-state index in [1.165, 1.54) is 25.2 Å². The highest BCUT2D eigenvalue weighted by molar-refractivity contribution is 6.46. The lowest BCUT2D eigenvalue weighted by Crippen LogP contribution is -2.32. The first-order valence-electron chi connectivity index (χ1n) is 9.97. The molecular formula is C23H22ClNO7. The smallest absolute Gasteiger partial charge is 0.295 e. The van der Waals surface area contributed by atoms with E-state index in [0.717, 1.165) is 0 Å². The van der Waals surface area contributed by atoms with Gasteiger partial charge in [-0.15, -0.1) is 0 Å². The first kappa shape index (κ1) is 22.0. The van der Waals surface area contributed by atoms with E-state index >= 15 is 0 Å². The fourth-order valence-electron chi connectivity index (χ4n) is 3.89. The molecule has 4 rings (SSSR count). The Morgan fingerprint density at radius 2 is 1.88 bits per heavy atom. The maximum absolute atomic E-state index is 13.1. The van der Waals surface area contributed by atoms with E-state index in [2.05, 4.69) is 0 Å². The van der Waals surface area contributed by atoms with Crippen LogP contribution in [0.3, 0.4) is 0 Å². The maximum Gasteiger partial charge on any atom is 0.295 e. The number of rotatable bonds is 6. The van der Waals surface area contributed by atoms with Gasteiger partial charge in [-0.3, -0.25) is 9.59 Å². The van der Waals surface area contributed by atoms with Crippen LogP contribution in [0.4, 0.5) is 0 Å². The Morgan fingerprint density at radius 3 is 2.59 bits per heavy atom. The van der Waals surface area contributed by atoms with Gasteiger partial charge >= 0.3 is 0 Å². The summed E-state index contributed by atoms with van der Waals surface area (Å²) in [6.07, 6.45) is 0. The summed E-state index contributed by atoms with van der Waals surface area (Å²) in [7, 11) is 2.95. The van der Waals surface area contributed by atoms with E-state index in [1.807, 2.05) is 0 Å². The van der Waals surface area contributed by atoms with Gasteiger partial charge in [-0.2, -0.15) is 0 Å². The lowest BCUT2D eigenvalue weighted by molar-refractivity contribution is -0.140. The number of likely N-dealkylation sites (tertiary alicyclic amines) is 1. The number of ether oxygens (including phenoxy) is 4. The van der Waals surface area contributed by atoms with Crippen molar-refractivity contribution in [3.63, 3.8) is 0 Å². The van der Waals surface area contributed by atoms with Crippen LogP contribution in [0.15, 0.2) is 42.0 Å². The van der Waals surface area contributed by atoms with Crippen molar-refractivity contribution in [2.45, 2.75) is 6.04 Å². The number of methoxy groups -OCH3 is 2. The van der Waals surface area contributed by atoms with Crippen LogP contribution in [0.1, 0.15) is 17.2 Å². The molecule has 0 bridgehead atoms. The number of halogens is 1. The first-order chi connectivity index (χ1) is 15.5. The van der Waals surface area contributed by atoms with Crippen LogP contribution >= 0.6 is 11.6 Å². The van der Waals surface area contributed by atoms with E-state index in [-0.39, 0.29) is 30.0 Å². The largest absolute Gasteiger partial charge is 0.507 e. The number of Topliss-reactive ketones (excluding diaryl/α,β-unsaturated/α-hetero) is 1. The summed E-state index contributed by atoms with van der Waals surface area (Å²) >= 11 is 6.12. The average Bonchev–Trinajstić information content (AvgIpc) is 3.06. The minimum absolute atomic E-state index is 0.0663. The molecule has 1 saturated heterocycles. The number of carbonyl (C=O) groups is 2. The number of amides is 1. The van der Waals surface area contributed by atoms with E-state index in [4.69, 9.17) is 30.5 Å². The summed E-state index contributed by atoms with van der Waals surface area (Å²) in [6, 6.07) is 8.99. The Labute approximate surface area is 189 Å². The average molecular weight is 460 g/mol. The minimum atomic E-state index is -0.857. The molecule has 2 aromatic carbocycles. The second-order valence-electron chi connectivity index (χ2n) is 7.23. The quantitative estimate of drug-likeness (QED) is 0.402. The van der Waals surface area contributed by atoms with Gasteiger partial charge in [0.25, 0.3) is 11.7 Å². The van der Waals surface area contributed by atoms with Crippen molar-refractivity contribution in [3.05, 3.63) is 58.1 Å². The number of hydrogen-bond donors (Lipinski definition) is 1. The maximum atomic E-state index is 13.1. The van der Waals surface area contributed by atoms with Crippen LogP contribution in [0.2, 0.25) is 5.02 Å². The molecule has 168 valence electrons. The third kappa shape index (κ3) is 3.87. The Kier molecular flexibility index (Phi) is 6.25. The number of carbonyl (C=O) groups excluding carboxylic acids is 2. The number of hydrogen-bond acceptors (Lipinski definition) is 7. The first-order valence-corrected chi connectivity index (χ1v) is 10.3. The number of nitrogens with zero attached hydrogens (tertiary/aromatic N) is 1. The van der Waals surface area contributed by atoms with Crippen LogP contribution in [0.25, 0.3) is 5.76 Å². The highest BCUT2D eigenvalue weighted by Gasteiger charge is 2.46. The molecule has 8 nitrogen and oxygen atoms in total. The van der Waals surface area contributed by atoms with Crippen molar-refractivity contribution in [1.29, 1.82) is 0 Å². The molecule has 1 amide bonds. The van der Waals surface area contributed by atoms with Gasteiger partial charge < -0.3 is 29.0 Å². The second-order valence-corrected chi connectivity index (χ2v) is 7.67. The summed E-state index contributed by atoms with van der Waals surface area (Å²) in [4.78, 5) is 27.4. The van der Waals surface area contributed by atoms with E-state index < -0.39 is 17.7 Å². The number of benzene rings is 2. The van der Waals surface area contributed by atoms with Gasteiger partial charge in [0.2, 0.25) is 0 Å². The van der Waals surface area contributed by atoms with Crippen LogP contribution in [0.5, 0.6) is 17.2 Å². The molecule has 1 N–H and O–H groups in total. The van der Waals surface area contributed by atoms with Gasteiger partial charge in [-0.05, 0) is 35.9 Å². The van der Waals surface area contributed by atoms with Gasteiger partial charge in [0, 0.05) is 18.7 Å². The predicted octanol–water partition coefficient (Wildman–Crippen LogP) is 3.19. The number of aliphatic hydroxyl groups is 1. The lowest BCUT2D eigenvalue weighted by atomic mass is 9.94. The third-order valence-electron chi connectivity index (χ3n) is 5.37. The van der Waals surface area contributed by atoms with Gasteiger partial charge in [-0.1, -0.05) is 17.7 Å². The van der Waals surface area contributed by atoms with Crippen LogP contribution in [-0.2, 0) is 14.3 Å². The third-order valence-corrected chi connectivity index (χ3v) is 5.61. The molecule has 32 heavy (non-hydrogen) atoms. The zero-order chi connectivity index (χ0) is 22.8. The molecule has 2 heterocycles. The van der Waals surface area contributed by atoms with Crippen LogP contribution in [-0.4, -0.2) is 62.3 Å². The standard InChI is InChI=1S/C23H22ClNO7/c1-29-8-7-25-20(13-3-5-17-18(11-13)32-10-9-31-17)19(22(27)23(25)28)21(26)15-12-14(24)4-6-16(15)30-2/h3-6,11-12,20,26H,7-10H2,1-2H3/b21-19+. The van der Waals surface area contributed by atoms with Crippen molar-refractivity contribution < 1.29 is 33.6 Å². The summed E-state index contributed by atoms with van der Waals surface area (Å²) in [6.45, 7) is 1.20. The monoisotopic (exact) mass is 459 g/mol. The van der Waals surface area contributed by atoms with Gasteiger partial charge in [-0.25, -0.2) is 0 Å². The van der Waals surface area contributed by atoms with Gasteiger partial charge in [0.05, 0.1) is 30.9 Å². The molecule has 0 spiro atoms. The van der Waals surface area contributed by atoms with Crippen molar-refractivity contribution in [2.75, 3.05) is 40.6 Å². The summed E-state index contributed by atoms with van der Waals surface area (Å²) in [5.74, 6) is -0.514. The molecule has 1 unspecified atom stereocenters. The molecule has 1 atom stereocenters. The molecule has 0 aromatic heterocycles. The Morgan fingerprint density at radius 1 is 1.12 bits per heavy atom. The predicted molar refractivity (Wildman–Crippen MR) is 116 cm³/mol. The molecule has 1 fully saturated rings. The normalized spacial score (nSPS) is 19.3.